The molecule has 0 aromatic carbocycles. The molecule has 0 amide bonds. The summed E-state index contributed by atoms with van der Waals surface area (Å²) < 4.78 is 0. The summed E-state index contributed by atoms with van der Waals surface area (Å²) >= 11 is 4.54. The van der Waals surface area contributed by atoms with Crippen molar-refractivity contribution in [1.82, 2.24) is 4.90 Å². The largest absolute Gasteiger partial charge is 0.303 e. The van der Waals surface area contributed by atoms with Gasteiger partial charge in [0.1, 0.15) is 0 Å². The summed E-state index contributed by atoms with van der Waals surface area (Å²) in [7, 11) is 2.27. The zero-order valence-electron chi connectivity index (χ0n) is 11.2. The fourth-order valence-corrected chi connectivity index (χ4v) is 2.86. The molecule has 0 fully saturated rings. The minimum absolute atomic E-state index is 0.417. The van der Waals surface area contributed by atoms with Crippen LogP contribution in [-0.2, 0) is 0 Å². The highest BCUT2D eigenvalue weighted by Gasteiger charge is 2.27. The van der Waals surface area contributed by atoms with Gasteiger partial charge in [-0.05, 0) is 43.9 Å². The number of hydrogen-bond acceptors (Lipinski definition) is 2. The van der Waals surface area contributed by atoms with Crippen molar-refractivity contribution in [3.05, 3.63) is 0 Å². The quantitative estimate of drug-likeness (QED) is 0.621. The average molecular weight is 231 g/mol. The first-order valence-corrected chi connectivity index (χ1v) is 7.03. The monoisotopic (exact) mass is 231 g/mol. The minimum atomic E-state index is 0.417. The van der Waals surface area contributed by atoms with Crippen LogP contribution < -0.4 is 0 Å². The van der Waals surface area contributed by atoms with Crippen LogP contribution in [0.15, 0.2) is 0 Å². The first-order chi connectivity index (χ1) is 7.09. The van der Waals surface area contributed by atoms with E-state index in [9.17, 15) is 0 Å². The summed E-state index contributed by atoms with van der Waals surface area (Å²) in [5.74, 6) is 1.00. The Hall–Kier alpha value is 0.310. The van der Waals surface area contributed by atoms with Gasteiger partial charge >= 0.3 is 0 Å². The summed E-state index contributed by atoms with van der Waals surface area (Å²) in [5.41, 5.74) is 0.417. The van der Waals surface area contributed by atoms with Crippen molar-refractivity contribution in [2.75, 3.05) is 19.3 Å². The van der Waals surface area contributed by atoms with Gasteiger partial charge in [-0.15, -0.1) is 0 Å². The van der Waals surface area contributed by atoms with Crippen LogP contribution in [0.25, 0.3) is 0 Å². The Labute approximate surface area is 102 Å². The van der Waals surface area contributed by atoms with Crippen LogP contribution in [-0.4, -0.2) is 30.3 Å². The van der Waals surface area contributed by atoms with Gasteiger partial charge in [0.2, 0.25) is 0 Å². The molecule has 0 aliphatic rings. The van der Waals surface area contributed by atoms with Crippen LogP contribution in [0, 0.1) is 5.41 Å². The topological polar surface area (TPSA) is 3.24 Å². The van der Waals surface area contributed by atoms with Crippen LogP contribution in [0.5, 0.6) is 0 Å². The van der Waals surface area contributed by atoms with E-state index >= 15 is 0 Å². The van der Waals surface area contributed by atoms with Crippen molar-refractivity contribution in [1.29, 1.82) is 0 Å². The van der Waals surface area contributed by atoms with Gasteiger partial charge in [-0.1, -0.05) is 27.7 Å². The lowest BCUT2D eigenvalue weighted by Crippen LogP contribution is -2.41. The number of nitrogens with zero attached hydrogens (tertiary/aromatic N) is 1. The van der Waals surface area contributed by atoms with Gasteiger partial charge in [0, 0.05) is 12.6 Å². The third-order valence-corrected chi connectivity index (χ3v) is 4.66. The van der Waals surface area contributed by atoms with E-state index in [0.29, 0.717) is 5.41 Å². The number of rotatable bonds is 8. The van der Waals surface area contributed by atoms with Crippen molar-refractivity contribution >= 4 is 12.6 Å². The molecule has 0 aromatic rings. The molecular weight excluding hydrogens is 202 g/mol. The lowest BCUT2D eigenvalue weighted by atomic mass is 9.83. The third kappa shape index (κ3) is 4.36. The Morgan fingerprint density at radius 2 is 1.53 bits per heavy atom. The Balaban J connectivity index is 4.39. The molecule has 2 heteroatoms. The molecule has 0 N–H and O–H groups in total. The molecule has 0 spiro atoms. The molecule has 92 valence electrons. The van der Waals surface area contributed by atoms with Gasteiger partial charge in [-0.3, -0.25) is 0 Å². The van der Waals surface area contributed by atoms with Crippen LogP contribution in [0.3, 0.4) is 0 Å². The molecule has 0 aromatic heterocycles. The van der Waals surface area contributed by atoms with Crippen LogP contribution >= 0.6 is 12.6 Å². The standard InChI is InChI=1S/C13H29NS/c1-6-12(7-2)14(5)10-13(8-3,9-4)11-15/h12,15H,6-11H2,1-5H3. The van der Waals surface area contributed by atoms with Gasteiger partial charge in [0.05, 0.1) is 0 Å². The van der Waals surface area contributed by atoms with Crippen molar-refractivity contribution in [3.8, 4) is 0 Å². The SMILES string of the molecule is CCC(CC)N(C)CC(CC)(CC)CS. The van der Waals surface area contributed by atoms with Crippen molar-refractivity contribution < 1.29 is 0 Å². The van der Waals surface area contributed by atoms with Crippen molar-refractivity contribution in [2.45, 2.75) is 59.4 Å². The Morgan fingerprint density at radius 3 is 1.80 bits per heavy atom. The number of thiol groups is 1. The molecule has 0 aliphatic heterocycles. The van der Waals surface area contributed by atoms with Crippen LogP contribution in [0.4, 0.5) is 0 Å². The molecule has 1 nitrogen and oxygen atoms in total. The second-order valence-corrected chi connectivity index (χ2v) is 5.07. The fourth-order valence-electron chi connectivity index (χ4n) is 2.32. The molecular formula is C13H29NS. The molecule has 0 aliphatic carbocycles. The van der Waals surface area contributed by atoms with E-state index in [2.05, 4.69) is 52.3 Å². The summed E-state index contributed by atoms with van der Waals surface area (Å²) in [4.78, 5) is 2.53. The average Bonchev–Trinajstić information content (AvgIpc) is 2.28. The van der Waals surface area contributed by atoms with Gasteiger partial charge in [-0.2, -0.15) is 12.6 Å². The Morgan fingerprint density at radius 1 is 1.07 bits per heavy atom. The summed E-state index contributed by atoms with van der Waals surface area (Å²) in [6.07, 6.45) is 4.97. The Kier molecular flexibility index (Phi) is 7.72. The highest BCUT2D eigenvalue weighted by atomic mass is 32.1. The fraction of sp³-hybridized carbons (Fsp3) is 1.00. The molecule has 0 rings (SSSR count). The second kappa shape index (κ2) is 7.56. The first-order valence-electron chi connectivity index (χ1n) is 6.40. The molecule has 0 radical (unpaired) electrons. The van der Waals surface area contributed by atoms with E-state index in [4.69, 9.17) is 0 Å². The summed E-state index contributed by atoms with van der Waals surface area (Å²) in [6, 6.07) is 0.738. The first kappa shape index (κ1) is 15.3. The zero-order valence-corrected chi connectivity index (χ0v) is 12.1. The van der Waals surface area contributed by atoms with Gasteiger partial charge in [0.25, 0.3) is 0 Å². The molecule has 15 heavy (non-hydrogen) atoms. The minimum Gasteiger partial charge on any atom is -0.303 e. The lowest BCUT2D eigenvalue weighted by Gasteiger charge is -2.37. The van der Waals surface area contributed by atoms with E-state index in [-0.39, 0.29) is 0 Å². The van der Waals surface area contributed by atoms with E-state index in [1.807, 2.05) is 0 Å². The predicted molar refractivity (Wildman–Crippen MR) is 73.9 cm³/mol. The van der Waals surface area contributed by atoms with Gasteiger partial charge < -0.3 is 4.90 Å². The van der Waals surface area contributed by atoms with Crippen LogP contribution in [0.1, 0.15) is 53.4 Å². The zero-order chi connectivity index (χ0) is 11.9. The normalized spacial score (nSPS) is 12.8. The summed E-state index contributed by atoms with van der Waals surface area (Å²) in [6.45, 7) is 10.3. The predicted octanol–water partition coefficient (Wildman–Crippen LogP) is 3.84. The molecule has 0 atom stereocenters. The smallest absolute Gasteiger partial charge is 0.00872 e. The van der Waals surface area contributed by atoms with E-state index in [1.165, 1.54) is 32.2 Å². The molecule has 0 bridgehead atoms. The molecule has 0 unspecified atom stereocenters. The number of hydrogen-bond donors (Lipinski definition) is 1. The summed E-state index contributed by atoms with van der Waals surface area (Å²) in [5, 5.41) is 0. The lowest BCUT2D eigenvalue weighted by molar-refractivity contribution is 0.137. The maximum atomic E-state index is 4.54. The van der Waals surface area contributed by atoms with Gasteiger partial charge in [-0.25, -0.2) is 0 Å². The van der Waals surface area contributed by atoms with Gasteiger partial charge in [0.15, 0.2) is 0 Å². The third-order valence-electron chi connectivity index (χ3n) is 3.99. The van der Waals surface area contributed by atoms with E-state index in [0.717, 1.165) is 11.8 Å². The maximum absolute atomic E-state index is 4.54. The van der Waals surface area contributed by atoms with Crippen molar-refractivity contribution in [3.63, 3.8) is 0 Å². The van der Waals surface area contributed by atoms with E-state index < -0.39 is 0 Å². The van der Waals surface area contributed by atoms with E-state index in [1.54, 1.807) is 0 Å². The maximum Gasteiger partial charge on any atom is 0.00872 e. The Bertz CT molecular complexity index is 142. The van der Waals surface area contributed by atoms with Crippen molar-refractivity contribution in [2.24, 2.45) is 5.41 Å². The molecule has 0 saturated heterocycles. The van der Waals surface area contributed by atoms with Crippen LogP contribution in [0.2, 0.25) is 0 Å². The highest BCUT2D eigenvalue weighted by Crippen LogP contribution is 2.29. The molecule has 0 saturated carbocycles. The second-order valence-electron chi connectivity index (χ2n) is 4.75. The highest BCUT2D eigenvalue weighted by molar-refractivity contribution is 7.80. The molecule has 0 heterocycles.